The highest BCUT2D eigenvalue weighted by Crippen LogP contribution is 2.31. The van der Waals surface area contributed by atoms with Crippen LogP contribution >= 0.6 is 0 Å². The van der Waals surface area contributed by atoms with Gasteiger partial charge in [0.2, 0.25) is 16.0 Å². The molecule has 2 aromatic rings. The van der Waals surface area contributed by atoms with E-state index in [1.54, 1.807) is 0 Å². The highest BCUT2D eigenvalue weighted by Gasteiger charge is 2.22. The predicted molar refractivity (Wildman–Crippen MR) is 140 cm³/mol. The van der Waals surface area contributed by atoms with Crippen LogP contribution in [0.15, 0.2) is 30.3 Å². The Hall–Kier alpha value is -3.18. The second-order valence-corrected chi connectivity index (χ2v) is 11.0. The monoisotopic (exact) mass is 535 g/mol. The van der Waals surface area contributed by atoms with Crippen LogP contribution < -0.4 is 4.31 Å². The number of hydrogen-bond donors (Lipinski definition) is 1. The summed E-state index contributed by atoms with van der Waals surface area (Å²) in [6, 6.07) is 5.50. The minimum absolute atomic E-state index is 0.0639. The van der Waals surface area contributed by atoms with E-state index in [9.17, 15) is 27.5 Å². The topological polar surface area (TPSA) is 127 Å². The number of aromatic nitrogens is 2. The molecule has 1 N–H and O–H groups in total. The molecule has 0 radical (unpaired) electrons. The Morgan fingerprint density at radius 2 is 1.81 bits per heavy atom. The van der Waals surface area contributed by atoms with Crippen LogP contribution in [0.1, 0.15) is 63.6 Å². The van der Waals surface area contributed by atoms with E-state index in [4.69, 9.17) is 4.74 Å². The Morgan fingerprint density at radius 1 is 1.16 bits per heavy atom. The number of benzene rings is 1. The molecule has 2 rings (SSSR count). The first-order chi connectivity index (χ1) is 17.3. The molecule has 0 aliphatic rings. The van der Waals surface area contributed by atoms with E-state index in [1.165, 1.54) is 43.5 Å². The zero-order valence-electron chi connectivity index (χ0n) is 21.8. The number of aliphatic hydroxyl groups is 1. The van der Waals surface area contributed by atoms with Gasteiger partial charge >= 0.3 is 5.97 Å². The molecular weight excluding hydrogens is 501 g/mol. The Labute approximate surface area is 217 Å². The summed E-state index contributed by atoms with van der Waals surface area (Å²) >= 11 is 0. The minimum Gasteiger partial charge on any atom is -0.466 e. The summed E-state index contributed by atoms with van der Waals surface area (Å²) in [7, 11) is -2.33. The Morgan fingerprint density at radius 3 is 2.38 bits per heavy atom. The third-order valence-electron chi connectivity index (χ3n) is 5.44. The molecule has 0 bridgehead atoms. The number of anilines is 1. The van der Waals surface area contributed by atoms with E-state index in [0.717, 1.165) is 23.4 Å². The van der Waals surface area contributed by atoms with Crippen molar-refractivity contribution in [3.63, 3.8) is 0 Å². The van der Waals surface area contributed by atoms with Gasteiger partial charge < -0.3 is 9.84 Å². The maximum absolute atomic E-state index is 13.6. The summed E-state index contributed by atoms with van der Waals surface area (Å²) in [5.74, 6) is -1.72. The molecule has 0 saturated heterocycles. The first kappa shape index (κ1) is 30.0. The molecule has 202 valence electrons. The van der Waals surface area contributed by atoms with Crippen molar-refractivity contribution < 1.29 is 32.2 Å². The van der Waals surface area contributed by atoms with Crippen LogP contribution in [0.4, 0.5) is 10.3 Å². The number of carbonyl (C=O) groups excluding carboxylic acids is 2. The molecule has 0 aliphatic heterocycles. The summed E-state index contributed by atoms with van der Waals surface area (Å²) in [6.45, 7) is 5.94. The summed E-state index contributed by atoms with van der Waals surface area (Å²) in [5, 5.41) is 10.1. The number of halogens is 1. The number of ketones is 1. The molecule has 0 saturated carbocycles. The first-order valence-electron chi connectivity index (χ1n) is 12.0. The van der Waals surface area contributed by atoms with E-state index in [2.05, 4.69) is 9.97 Å². The van der Waals surface area contributed by atoms with Gasteiger partial charge in [0, 0.05) is 24.6 Å². The second kappa shape index (κ2) is 13.4. The minimum atomic E-state index is -3.66. The molecule has 11 heteroatoms. The molecule has 1 unspecified atom stereocenters. The van der Waals surface area contributed by atoms with Gasteiger partial charge in [0.25, 0.3) is 0 Å². The third kappa shape index (κ3) is 9.01. The van der Waals surface area contributed by atoms with Crippen LogP contribution in [0.5, 0.6) is 0 Å². The third-order valence-corrected chi connectivity index (χ3v) is 6.60. The average molecular weight is 536 g/mol. The normalized spacial score (nSPS) is 12.6. The number of ether oxygens (including phenoxy) is 1. The van der Waals surface area contributed by atoms with Gasteiger partial charge in [0.05, 0.1) is 36.8 Å². The number of rotatable bonds is 13. The van der Waals surface area contributed by atoms with Crippen molar-refractivity contribution in [2.24, 2.45) is 0 Å². The van der Waals surface area contributed by atoms with Gasteiger partial charge in [-0.15, -0.1) is 0 Å². The number of allylic oxidation sites excluding steroid dienone is 1. The van der Waals surface area contributed by atoms with Crippen LogP contribution in [-0.2, 0) is 24.3 Å². The van der Waals surface area contributed by atoms with Crippen molar-refractivity contribution in [2.75, 3.05) is 24.2 Å². The second-order valence-electron chi connectivity index (χ2n) is 9.00. The molecule has 1 aromatic carbocycles. The molecule has 9 nitrogen and oxygen atoms in total. The van der Waals surface area contributed by atoms with Gasteiger partial charge in [-0.1, -0.05) is 27.2 Å². The highest BCUT2D eigenvalue weighted by atomic mass is 32.2. The number of hydrogen-bond acceptors (Lipinski definition) is 8. The molecule has 0 aliphatic carbocycles. The zero-order valence-corrected chi connectivity index (χ0v) is 22.6. The fourth-order valence-electron chi connectivity index (χ4n) is 3.33. The van der Waals surface area contributed by atoms with E-state index in [0.29, 0.717) is 22.5 Å². The Bertz CT molecular complexity index is 1230. The molecule has 1 atom stereocenters. The fraction of sp³-hybridized carbons (Fsp3) is 0.462. The standard InChI is InChI=1S/C26H34FN3O6S/c1-6-7-14-36-23(33)16-21(32)15-20(31)12-13-22-24(17(2)3)28-26(30(4)37(5,34)35)29-25(22)18-8-10-19(27)11-9-18/h8-13,17,21,32H,6-7,14-16H2,1-5H3/b13-12+. The summed E-state index contributed by atoms with van der Waals surface area (Å²) in [6.07, 6.45) is 3.58. The Balaban J connectivity index is 2.41. The van der Waals surface area contributed by atoms with Gasteiger partial charge in [-0.25, -0.2) is 27.1 Å². The van der Waals surface area contributed by atoms with E-state index >= 15 is 0 Å². The van der Waals surface area contributed by atoms with Gasteiger partial charge in [-0.3, -0.25) is 9.59 Å². The lowest BCUT2D eigenvalue weighted by Crippen LogP contribution is -2.27. The molecular formula is C26H34FN3O6S. The van der Waals surface area contributed by atoms with Crippen molar-refractivity contribution in [3.05, 3.63) is 47.4 Å². The smallest absolute Gasteiger partial charge is 0.308 e. The maximum Gasteiger partial charge on any atom is 0.308 e. The van der Waals surface area contributed by atoms with Crippen molar-refractivity contribution in [1.29, 1.82) is 0 Å². The predicted octanol–water partition coefficient (Wildman–Crippen LogP) is 3.87. The van der Waals surface area contributed by atoms with Crippen LogP contribution in [0.2, 0.25) is 0 Å². The summed E-state index contributed by atoms with van der Waals surface area (Å²) in [4.78, 5) is 33.2. The van der Waals surface area contributed by atoms with Crippen molar-refractivity contribution in [1.82, 2.24) is 9.97 Å². The van der Waals surface area contributed by atoms with Crippen LogP contribution in [0, 0.1) is 5.82 Å². The molecule has 1 aromatic heterocycles. The number of nitrogens with zero attached hydrogens (tertiary/aromatic N) is 3. The fourth-order valence-corrected chi connectivity index (χ4v) is 3.70. The molecule has 0 fully saturated rings. The highest BCUT2D eigenvalue weighted by molar-refractivity contribution is 7.92. The zero-order chi connectivity index (χ0) is 27.8. The average Bonchev–Trinajstić information content (AvgIpc) is 2.81. The van der Waals surface area contributed by atoms with Crippen molar-refractivity contribution in [2.45, 2.75) is 58.5 Å². The molecule has 37 heavy (non-hydrogen) atoms. The van der Waals surface area contributed by atoms with Crippen LogP contribution in [-0.4, -0.2) is 61.3 Å². The largest absolute Gasteiger partial charge is 0.466 e. The van der Waals surface area contributed by atoms with E-state index in [1.807, 2.05) is 20.8 Å². The van der Waals surface area contributed by atoms with Gasteiger partial charge in [0.1, 0.15) is 5.82 Å². The lowest BCUT2D eigenvalue weighted by Gasteiger charge is -2.20. The lowest BCUT2D eigenvalue weighted by atomic mass is 9.97. The molecule has 0 amide bonds. The van der Waals surface area contributed by atoms with Crippen LogP contribution in [0.3, 0.4) is 0 Å². The number of aliphatic hydroxyl groups excluding tert-OH is 1. The van der Waals surface area contributed by atoms with Gasteiger partial charge in [-0.2, -0.15) is 0 Å². The quantitative estimate of drug-likeness (QED) is 0.233. The van der Waals surface area contributed by atoms with E-state index in [-0.39, 0.29) is 31.3 Å². The van der Waals surface area contributed by atoms with Gasteiger partial charge in [0.15, 0.2) is 5.78 Å². The number of esters is 1. The molecule has 1 heterocycles. The molecule has 0 spiro atoms. The van der Waals surface area contributed by atoms with Crippen molar-refractivity contribution >= 4 is 33.8 Å². The summed E-state index contributed by atoms with van der Waals surface area (Å²) in [5.41, 5.74) is 1.74. The van der Waals surface area contributed by atoms with Crippen LogP contribution in [0.25, 0.3) is 17.3 Å². The number of unbranched alkanes of at least 4 members (excludes halogenated alkanes) is 1. The van der Waals surface area contributed by atoms with Crippen molar-refractivity contribution in [3.8, 4) is 11.3 Å². The SMILES string of the molecule is CCCCOC(=O)CC(O)CC(=O)/C=C/c1c(-c2ccc(F)cc2)nc(N(C)S(C)(=O)=O)nc1C(C)C. The number of carbonyl (C=O) groups is 2. The Kier molecular flexibility index (Phi) is 10.9. The maximum atomic E-state index is 13.6. The van der Waals surface area contributed by atoms with Gasteiger partial charge in [-0.05, 0) is 48.8 Å². The lowest BCUT2D eigenvalue weighted by molar-refractivity contribution is -0.146. The summed E-state index contributed by atoms with van der Waals surface area (Å²) < 4.78 is 43.8. The van der Waals surface area contributed by atoms with E-state index < -0.39 is 33.7 Å². The first-order valence-corrected chi connectivity index (χ1v) is 13.8. The number of sulfonamides is 1.